The van der Waals surface area contributed by atoms with E-state index in [1.165, 1.54) is 161 Å². The second kappa shape index (κ2) is 59.6. The van der Waals surface area contributed by atoms with E-state index in [4.69, 9.17) is 0 Å². The monoisotopic (exact) mass is 1890 g/mol. The maximum absolute atomic E-state index is 11.8. The molecule has 5 heterocycles. The molecule has 0 saturated carbocycles. The molecule has 5 aromatic heterocycles. The summed E-state index contributed by atoms with van der Waals surface area (Å²) in [6, 6.07) is 0. The quantitative estimate of drug-likeness (QED) is 0.0280. The van der Waals surface area contributed by atoms with Crippen molar-refractivity contribution in [2.45, 2.75) is 569 Å². The summed E-state index contributed by atoms with van der Waals surface area (Å²) in [5.41, 5.74) is 11.3. The number of amides is 1. The Bertz CT molecular complexity index is 3760. The van der Waals surface area contributed by atoms with Crippen molar-refractivity contribution in [3.05, 3.63) is 59.5 Å². The van der Waals surface area contributed by atoms with Crippen LogP contribution in [-0.2, 0) is 79.5 Å². The fourth-order valence-corrected chi connectivity index (χ4v) is 15.2. The number of nitrogens with one attached hydrogen (secondary N) is 2. The predicted molar refractivity (Wildman–Crippen MR) is 576 cm³/mol. The van der Waals surface area contributed by atoms with E-state index >= 15 is 0 Å². The van der Waals surface area contributed by atoms with Gasteiger partial charge in [0.2, 0.25) is 11.6 Å². The molecule has 0 bridgehead atoms. The summed E-state index contributed by atoms with van der Waals surface area (Å²) in [5.74, 6) is -0.103. The Morgan fingerprint density at radius 3 is 0.774 bits per heavy atom. The number of hydrogen-bond donors (Lipinski definition) is 2. The number of sulfone groups is 1. The highest BCUT2D eigenvalue weighted by Crippen LogP contribution is 2.32. The van der Waals surface area contributed by atoms with Gasteiger partial charge in [0.25, 0.3) is 0 Å². The summed E-state index contributed by atoms with van der Waals surface area (Å²) in [5, 5.41) is 43.9. The highest BCUT2D eigenvalue weighted by atomic mass is 32.2. The molecule has 0 aromatic carbocycles. The van der Waals surface area contributed by atoms with E-state index < -0.39 is 14.6 Å². The number of aryl methyl sites for hydroxylation is 5. The normalized spacial score (nSPS) is 13.1. The van der Waals surface area contributed by atoms with Gasteiger partial charge < -0.3 is 5.32 Å². The molecular weight excluding hydrogens is 1660 g/mol. The first-order chi connectivity index (χ1) is 59.5. The van der Waals surface area contributed by atoms with Gasteiger partial charge in [-0.05, 0) is 218 Å². The van der Waals surface area contributed by atoms with Gasteiger partial charge in [-0.1, -0.05) is 408 Å². The van der Waals surface area contributed by atoms with E-state index in [0.29, 0.717) is 60.6 Å². The molecule has 0 spiro atoms. The summed E-state index contributed by atoms with van der Waals surface area (Å²) in [6.07, 6.45) is 48.6. The van der Waals surface area contributed by atoms with E-state index in [1.807, 2.05) is 39.5 Å². The zero-order valence-electron chi connectivity index (χ0n) is 97.7. The number of carbonyl (C=O) groups excluding carboxylic acids is 1. The third kappa shape index (κ3) is 93.2. The number of nitrogens with zero attached hydrogens (tertiary/aromatic N) is 14. The molecular formula is C113H227N16O3S+. The van der Waals surface area contributed by atoms with Gasteiger partial charge in [0.05, 0.1) is 33.3 Å². The summed E-state index contributed by atoms with van der Waals surface area (Å²) in [6.45, 7) is 112. The minimum Gasteiger partial charge on any atom is -0.355 e. The Morgan fingerprint density at radius 2 is 0.511 bits per heavy atom. The van der Waals surface area contributed by atoms with Crippen LogP contribution in [0, 0.1) is 81.2 Å². The predicted octanol–water partition coefficient (Wildman–Crippen LogP) is 31.6. The first-order valence-electron chi connectivity index (χ1n) is 52.5. The van der Waals surface area contributed by atoms with Crippen LogP contribution in [0.1, 0.15) is 528 Å². The second-order valence-corrected chi connectivity index (χ2v) is 61.4. The molecule has 0 atom stereocenters. The van der Waals surface area contributed by atoms with Crippen LogP contribution >= 0.6 is 0 Å². The molecule has 0 fully saturated rings. The van der Waals surface area contributed by atoms with E-state index in [2.05, 4.69) is 383 Å². The van der Waals surface area contributed by atoms with Crippen molar-refractivity contribution in [1.29, 1.82) is 0 Å². The number of H-pyrrole nitrogens is 1. The summed E-state index contributed by atoms with van der Waals surface area (Å²) >= 11 is 0. The molecule has 0 aliphatic carbocycles. The lowest BCUT2D eigenvalue weighted by Crippen LogP contribution is -2.37. The van der Waals surface area contributed by atoms with Crippen LogP contribution in [0.2, 0.25) is 0 Å². The van der Waals surface area contributed by atoms with Crippen LogP contribution in [0.25, 0.3) is 0 Å². The fraction of sp³-hybridized carbons (Fsp3) is 0.903. The standard InChI is InChI=1S/C17H33N3.C16H31N3.C15H29N3.2C14H27N3.C14H30.C12H25NO3S.C11H24/c1-16(2,3)11-9-7-8-10-12-20-14-15(18-19-20)13-17(4,5)6;1-15(2,3)10-8-7-9-11-19-13-14(17-18-19)12-16(4,5)6;1-14(2,3)9-7-8-10-18-12-13(16-17-18)11-15(4,5)6;2*1-13(2,3)8-7-9-17-11-12(15-16-17)10-14(4,5)6;1-13(2,3)11-9-7-8-10-12-14(4,5)6;1-11(2,3)9-10(14)13-7-8-17(15,16)12(4,5)6;1-10(2,3)8-7-9-11(4,5)6/h14H,7-13H2,1-6H3;13H,7-12H2,1-6H3;12H,7-11H2,1-6H3;2*11H,7-10H2,1-6H3;7-12H2,1-6H3;7-9H2,1-6H3,(H,13,14);7-9H2,1-6H3/p+1. The van der Waals surface area contributed by atoms with Crippen molar-refractivity contribution in [3.8, 4) is 0 Å². The molecule has 782 valence electrons. The second-order valence-electron chi connectivity index (χ2n) is 58.6. The maximum Gasteiger partial charge on any atom is 0.220 e. The van der Waals surface area contributed by atoms with Crippen LogP contribution in [0.5, 0.6) is 0 Å². The summed E-state index contributed by atoms with van der Waals surface area (Å²) < 4.78 is 32.8. The molecule has 0 aliphatic heterocycles. The first kappa shape index (κ1) is 132. The molecule has 19 nitrogen and oxygen atoms in total. The van der Waals surface area contributed by atoms with E-state index in [9.17, 15) is 13.2 Å². The number of aromatic nitrogens is 15. The largest absolute Gasteiger partial charge is 0.355 e. The fourth-order valence-electron chi connectivity index (χ4n) is 14.3. The Labute approximate surface area is 826 Å². The number of carbonyl (C=O) groups is 1. The molecule has 2 N–H and O–H groups in total. The highest BCUT2D eigenvalue weighted by Gasteiger charge is 2.30. The molecule has 5 rings (SSSR count). The summed E-state index contributed by atoms with van der Waals surface area (Å²) in [4.78, 5) is 11.5. The number of rotatable bonds is 37. The van der Waals surface area contributed by atoms with Gasteiger partial charge >= 0.3 is 0 Å². The average molecular weight is 1890 g/mol. The van der Waals surface area contributed by atoms with E-state index in [0.717, 1.165) is 93.3 Å². The zero-order chi connectivity index (χ0) is 104. The Balaban J connectivity index is -0.00000146. The van der Waals surface area contributed by atoms with Gasteiger partial charge in [-0.3, -0.25) is 23.5 Å². The van der Waals surface area contributed by atoms with Crippen molar-refractivity contribution < 1.29 is 17.9 Å². The molecule has 0 radical (unpaired) electrons. The smallest absolute Gasteiger partial charge is 0.220 e. The van der Waals surface area contributed by atoms with Crippen molar-refractivity contribution >= 4 is 15.7 Å². The highest BCUT2D eigenvalue weighted by molar-refractivity contribution is 7.92. The third-order valence-corrected chi connectivity index (χ3v) is 24.0. The van der Waals surface area contributed by atoms with Gasteiger partial charge in [0.1, 0.15) is 6.54 Å². The van der Waals surface area contributed by atoms with E-state index in [1.54, 1.807) is 20.8 Å². The summed E-state index contributed by atoms with van der Waals surface area (Å²) in [7, 11) is -3.15. The van der Waals surface area contributed by atoms with Gasteiger partial charge in [0.15, 0.2) is 16.0 Å². The maximum atomic E-state index is 11.8. The molecule has 0 saturated heterocycles. The molecule has 0 aliphatic rings. The lowest BCUT2D eigenvalue weighted by Gasteiger charge is -2.22. The minimum atomic E-state index is -3.15. The molecule has 0 unspecified atom stereocenters. The Morgan fingerprint density at radius 1 is 0.286 bits per heavy atom. The first-order valence-corrected chi connectivity index (χ1v) is 54.2. The lowest BCUT2D eigenvalue weighted by atomic mass is 9.84. The Hall–Kier alpha value is -4.88. The topological polar surface area (TPSA) is 219 Å². The molecule has 5 aromatic rings. The number of hydrogen-bond acceptors (Lipinski definition) is 12. The Kier molecular flexibility index (Phi) is 59.3. The van der Waals surface area contributed by atoms with Crippen LogP contribution in [0.3, 0.4) is 0 Å². The van der Waals surface area contributed by atoms with Gasteiger partial charge in [0, 0.05) is 75.5 Å². The zero-order valence-corrected chi connectivity index (χ0v) is 98.5. The van der Waals surface area contributed by atoms with Crippen LogP contribution in [0.15, 0.2) is 31.0 Å². The third-order valence-electron chi connectivity index (χ3n) is 21.4. The van der Waals surface area contributed by atoms with Crippen molar-refractivity contribution in [2.24, 2.45) is 81.2 Å². The lowest BCUT2D eigenvalue weighted by molar-refractivity contribution is -0.754. The van der Waals surface area contributed by atoms with Crippen molar-refractivity contribution in [3.63, 3.8) is 0 Å². The molecule has 133 heavy (non-hydrogen) atoms. The van der Waals surface area contributed by atoms with Gasteiger partial charge in [-0.25, -0.2) is 8.42 Å². The van der Waals surface area contributed by atoms with Gasteiger partial charge in [-0.2, -0.15) is 4.68 Å². The van der Waals surface area contributed by atoms with Crippen molar-refractivity contribution in [1.82, 2.24) is 75.6 Å². The number of aromatic amines is 1. The van der Waals surface area contributed by atoms with Crippen LogP contribution < -0.4 is 10.00 Å². The van der Waals surface area contributed by atoms with Crippen LogP contribution in [-0.4, -0.2) is 102 Å². The van der Waals surface area contributed by atoms with Crippen molar-refractivity contribution in [2.75, 3.05) is 12.3 Å². The number of unbranched alkanes of at least 4 members (excludes halogenated alkanes) is 9. The average Bonchev–Trinajstić information content (AvgIpc) is 1.75. The molecule has 1 amide bonds. The van der Waals surface area contributed by atoms with E-state index in [-0.39, 0.29) is 45.3 Å². The van der Waals surface area contributed by atoms with Gasteiger partial charge in [-0.15, -0.1) is 20.4 Å². The van der Waals surface area contributed by atoms with Crippen LogP contribution in [0.4, 0.5) is 0 Å². The SMILES string of the molecule is CC(C)(C)CC(=O)NCCS(=O)(=O)C(C)(C)C.CC(C)(C)CCCC(C)(C)C.CC(C)(C)CCCCCCC(C)(C)C.CC(C)(C)CCCCCCn1cc(CC(C)(C)C)nn1.CC(C)(C)CCCCCn1cc(CC(C)(C)C)nn1.CC(C)(C)CCCCn1cc(CC(C)(C)C)nn1.CC(C)(C)CCC[n+]1cc(CC(C)(C)C)n[nH]1.CC(C)(C)CCCn1cc(CC(C)(C)C)nn1. The minimum absolute atomic E-state index is 0.00756. The molecule has 20 heteroatoms.